The molecule has 5 nitrogen and oxygen atoms in total. The topological polar surface area (TPSA) is 50.3 Å². The molecule has 2 unspecified atom stereocenters. The van der Waals surface area contributed by atoms with E-state index in [1.807, 2.05) is 19.9 Å². The van der Waals surface area contributed by atoms with Crippen LogP contribution in [0.3, 0.4) is 0 Å². The molecule has 3 rings (SSSR count). The summed E-state index contributed by atoms with van der Waals surface area (Å²) in [5.74, 6) is 1.38. The van der Waals surface area contributed by atoms with Crippen molar-refractivity contribution in [1.29, 1.82) is 0 Å². The number of aryl methyl sites for hydroxylation is 1. The van der Waals surface area contributed by atoms with E-state index in [-0.39, 0.29) is 0 Å². The van der Waals surface area contributed by atoms with Crippen molar-refractivity contribution in [2.45, 2.75) is 64.1 Å². The smallest absolute Gasteiger partial charge is 0.226 e. The molecule has 2 fully saturated rings. The lowest BCUT2D eigenvalue weighted by atomic mass is 9.82. The first kappa shape index (κ1) is 14.6. The lowest BCUT2D eigenvalue weighted by molar-refractivity contribution is 0.0607. The molecule has 0 saturated carbocycles. The molecule has 0 amide bonds. The number of hydrogen-bond donors (Lipinski definition) is 1. The molecule has 2 bridgehead atoms. The van der Waals surface area contributed by atoms with Gasteiger partial charge in [-0.1, -0.05) is 6.42 Å². The number of fused-ring (bicyclic) bond motifs is 2. The Balaban J connectivity index is 1.69. The van der Waals surface area contributed by atoms with Crippen LogP contribution in [0.15, 0.2) is 6.07 Å². The fourth-order valence-electron chi connectivity index (χ4n) is 3.74. The van der Waals surface area contributed by atoms with Crippen molar-refractivity contribution >= 4 is 5.95 Å². The number of nitrogens with one attached hydrogen (secondary N) is 1. The zero-order valence-electron chi connectivity index (χ0n) is 13.3. The first-order valence-corrected chi connectivity index (χ1v) is 8.12. The van der Waals surface area contributed by atoms with Crippen LogP contribution < -0.4 is 10.1 Å². The van der Waals surface area contributed by atoms with Crippen LogP contribution in [0.5, 0.6) is 5.88 Å². The summed E-state index contributed by atoms with van der Waals surface area (Å²) in [6.45, 7) is 4.59. The van der Waals surface area contributed by atoms with Crippen molar-refractivity contribution in [1.82, 2.24) is 14.9 Å². The highest BCUT2D eigenvalue weighted by molar-refractivity contribution is 5.32. The van der Waals surface area contributed by atoms with Gasteiger partial charge in [-0.2, -0.15) is 4.98 Å². The Morgan fingerprint density at radius 3 is 2.67 bits per heavy atom. The fourth-order valence-corrected chi connectivity index (χ4v) is 3.74. The van der Waals surface area contributed by atoms with E-state index < -0.39 is 0 Å². The standard InChI is InChI=1S/C16H26N4O/c1-4-21-15-8-11(2)17-16(19-15)18-12-9-13-6-5-7-14(10-12)20(13)3/h8,12-14H,4-7,9-10H2,1-3H3,(H,17,18,19). The molecule has 0 radical (unpaired) electrons. The van der Waals surface area contributed by atoms with Crippen LogP contribution in [-0.2, 0) is 0 Å². The maximum absolute atomic E-state index is 5.51. The molecule has 0 spiro atoms. The molecule has 0 aliphatic carbocycles. The van der Waals surface area contributed by atoms with Crippen LogP contribution >= 0.6 is 0 Å². The van der Waals surface area contributed by atoms with Crippen molar-refractivity contribution in [3.05, 3.63) is 11.8 Å². The summed E-state index contributed by atoms with van der Waals surface area (Å²) in [5, 5.41) is 3.54. The van der Waals surface area contributed by atoms with Crippen LogP contribution in [-0.4, -0.2) is 46.6 Å². The van der Waals surface area contributed by atoms with E-state index in [4.69, 9.17) is 4.74 Å². The van der Waals surface area contributed by atoms with Crippen LogP contribution in [0.1, 0.15) is 44.7 Å². The number of ether oxygens (including phenoxy) is 1. The number of nitrogens with zero attached hydrogens (tertiary/aromatic N) is 3. The minimum absolute atomic E-state index is 0.479. The predicted octanol–water partition coefficient (Wildman–Crippen LogP) is 2.61. The number of aromatic nitrogens is 2. The molecule has 2 saturated heterocycles. The monoisotopic (exact) mass is 290 g/mol. The van der Waals surface area contributed by atoms with Crippen LogP contribution in [0, 0.1) is 6.92 Å². The molecule has 2 aliphatic heterocycles. The largest absolute Gasteiger partial charge is 0.478 e. The summed E-state index contributed by atoms with van der Waals surface area (Å²) < 4.78 is 5.51. The normalized spacial score (nSPS) is 29.2. The molecule has 3 heterocycles. The molecule has 1 N–H and O–H groups in total. The summed E-state index contributed by atoms with van der Waals surface area (Å²) in [6.07, 6.45) is 6.40. The summed E-state index contributed by atoms with van der Waals surface area (Å²) in [5.41, 5.74) is 0.948. The SMILES string of the molecule is CCOc1cc(C)nc(NC2CC3CCCC(C2)N3C)n1. The first-order valence-electron chi connectivity index (χ1n) is 8.12. The summed E-state index contributed by atoms with van der Waals surface area (Å²) >= 11 is 0. The van der Waals surface area contributed by atoms with E-state index in [0.29, 0.717) is 36.6 Å². The van der Waals surface area contributed by atoms with E-state index in [0.717, 1.165) is 5.69 Å². The molecule has 116 valence electrons. The van der Waals surface area contributed by atoms with Gasteiger partial charge in [-0.15, -0.1) is 0 Å². The van der Waals surface area contributed by atoms with Gasteiger partial charge >= 0.3 is 0 Å². The van der Waals surface area contributed by atoms with Gasteiger partial charge in [0.1, 0.15) is 0 Å². The molecule has 1 aromatic rings. The Kier molecular flexibility index (Phi) is 4.29. The maximum atomic E-state index is 5.51. The summed E-state index contributed by atoms with van der Waals surface area (Å²) in [4.78, 5) is 11.6. The fraction of sp³-hybridized carbons (Fsp3) is 0.750. The highest BCUT2D eigenvalue weighted by Gasteiger charge is 2.36. The molecular weight excluding hydrogens is 264 g/mol. The summed E-state index contributed by atoms with van der Waals surface area (Å²) in [6, 6.07) is 3.79. The van der Waals surface area contributed by atoms with Crippen LogP contribution in [0.4, 0.5) is 5.95 Å². The van der Waals surface area contributed by atoms with Gasteiger partial charge in [0.2, 0.25) is 11.8 Å². The lowest BCUT2D eigenvalue weighted by Crippen LogP contribution is -2.52. The van der Waals surface area contributed by atoms with E-state index in [9.17, 15) is 0 Å². The van der Waals surface area contributed by atoms with Crippen molar-refractivity contribution in [2.24, 2.45) is 0 Å². The third-order valence-electron chi connectivity index (χ3n) is 4.80. The van der Waals surface area contributed by atoms with Gasteiger partial charge in [0.05, 0.1) is 6.61 Å². The molecule has 5 heteroatoms. The van der Waals surface area contributed by atoms with Gasteiger partial charge in [0.25, 0.3) is 0 Å². The predicted molar refractivity (Wildman–Crippen MR) is 83.8 cm³/mol. The molecule has 2 aliphatic rings. The van der Waals surface area contributed by atoms with Gasteiger partial charge in [-0.3, -0.25) is 0 Å². The Labute approximate surface area is 127 Å². The van der Waals surface area contributed by atoms with Crippen molar-refractivity contribution in [3.63, 3.8) is 0 Å². The quantitative estimate of drug-likeness (QED) is 0.923. The van der Waals surface area contributed by atoms with Crippen molar-refractivity contribution in [2.75, 3.05) is 19.0 Å². The second-order valence-electron chi connectivity index (χ2n) is 6.32. The zero-order valence-corrected chi connectivity index (χ0v) is 13.3. The van der Waals surface area contributed by atoms with Crippen LogP contribution in [0.2, 0.25) is 0 Å². The number of rotatable bonds is 4. The molecule has 0 aromatic carbocycles. The van der Waals surface area contributed by atoms with Gasteiger partial charge < -0.3 is 15.0 Å². The first-order chi connectivity index (χ1) is 10.2. The molecular formula is C16H26N4O. The van der Waals surface area contributed by atoms with Gasteiger partial charge in [0.15, 0.2) is 0 Å². The highest BCUT2D eigenvalue weighted by Crippen LogP contribution is 2.33. The molecule has 21 heavy (non-hydrogen) atoms. The minimum atomic E-state index is 0.479. The van der Waals surface area contributed by atoms with Gasteiger partial charge in [-0.05, 0) is 46.6 Å². The van der Waals surface area contributed by atoms with E-state index in [2.05, 4.69) is 27.2 Å². The van der Waals surface area contributed by atoms with E-state index >= 15 is 0 Å². The second kappa shape index (κ2) is 6.18. The Morgan fingerprint density at radius 1 is 1.29 bits per heavy atom. The number of hydrogen-bond acceptors (Lipinski definition) is 5. The van der Waals surface area contributed by atoms with Crippen LogP contribution in [0.25, 0.3) is 0 Å². The van der Waals surface area contributed by atoms with Crippen molar-refractivity contribution < 1.29 is 4.74 Å². The number of anilines is 1. The number of piperidine rings is 2. The lowest BCUT2D eigenvalue weighted by Gasteiger charge is -2.47. The third kappa shape index (κ3) is 3.28. The Bertz CT molecular complexity index is 479. The average molecular weight is 290 g/mol. The van der Waals surface area contributed by atoms with Gasteiger partial charge in [0, 0.05) is 29.9 Å². The molecule has 2 atom stereocenters. The zero-order chi connectivity index (χ0) is 14.8. The second-order valence-corrected chi connectivity index (χ2v) is 6.32. The Hall–Kier alpha value is -1.36. The van der Waals surface area contributed by atoms with Crippen molar-refractivity contribution in [3.8, 4) is 5.88 Å². The summed E-state index contributed by atoms with van der Waals surface area (Å²) in [7, 11) is 2.28. The van der Waals surface area contributed by atoms with Gasteiger partial charge in [-0.25, -0.2) is 4.98 Å². The highest BCUT2D eigenvalue weighted by atomic mass is 16.5. The average Bonchev–Trinajstić information content (AvgIpc) is 2.39. The molecule has 1 aromatic heterocycles. The third-order valence-corrected chi connectivity index (χ3v) is 4.80. The minimum Gasteiger partial charge on any atom is -0.478 e. The van der Waals surface area contributed by atoms with E-state index in [1.165, 1.54) is 32.1 Å². The Morgan fingerprint density at radius 2 is 2.00 bits per heavy atom. The van der Waals surface area contributed by atoms with E-state index in [1.54, 1.807) is 0 Å². The maximum Gasteiger partial charge on any atom is 0.226 e.